The number of alkyl halides is 3. The summed E-state index contributed by atoms with van der Waals surface area (Å²) in [6, 6.07) is 14.1. The molecule has 2 N–H and O–H groups in total. The van der Waals surface area contributed by atoms with E-state index < -0.39 is 12.3 Å². The van der Waals surface area contributed by atoms with E-state index in [1.807, 2.05) is 0 Å². The summed E-state index contributed by atoms with van der Waals surface area (Å²) in [4.78, 5) is 20.3. The first-order chi connectivity index (χ1) is 14.3. The summed E-state index contributed by atoms with van der Waals surface area (Å²) < 4.78 is 48.4. The zero-order valence-electron chi connectivity index (χ0n) is 15.8. The molecule has 3 rings (SSSR count). The van der Waals surface area contributed by atoms with Crippen LogP contribution in [0.2, 0.25) is 0 Å². The second-order valence-electron chi connectivity index (χ2n) is 5.60. The van der Waals surface area contributed by atoms with E-state index in [2.05, 4.69) is 15.6 Å². The quantitative estimate of drug-likeness (QED) is 0.500. The third kappa shape index (κ3) is 6.09. The van der Waals surface area contributed by atoms with Crippen molar-refractivity contribution >= 4 is 12.4 Å². The van der Waals surface area contributed by atoms with Crippen molar-refractivity contribution in [3.8, 4) is 22.6 Å². The maximum atomic E-state index is 12.6. The van der Waals surface area contributed by atoms with Crippen LogP contribution in [0.3, 0.4) is 0 Å². The van der Waals surface area contributed by atoms with Crippen LogP contribution in [-0.4, -0.2) is 35.1 Å². The molecule has 2 aromatic carbocycles. The topological polar surface area (TPSA) is 96.4 Å². The van der Waals surface area contributed by atoms with Crippen molar-refractivity contribution in [2.45, 2.75) is 13.3 Å². The van der Waals surface area contributed by atoms with Gasteiger partial charge < -0.3 is 15.2 Å². The SMILES string of the molecule is CCOC(=O)c1ccn(-c2cccc(-c3ccccc3OC(F)(F)F)c2)n1.NC=O. The first kappa shape index (κ1) is 22.5. The molecular formula is C20H18F3N3O4. The fourth-order valence-electron chi connectivity index (χ4n) is 2.52. The third-order valence-corrected chi connectivity index (χ3v) is 3.61. The van der Waals surface area contributed by atoms with Gasteiger partial charge >= 0.3 is 12.3 Å². The van der Waals surface area contributed by atoms with Gasteiger partial charge in [0.25, 0.3) is 0 Å². The Bertz CT molecular complexity index is 1000. The van der Waals surface area contributed by atoms with E-state index in [4.69, 9.17) is 9.53 Å². The summed E-state index contributed by atoms with van der Waals surface area (Å²) in [5.74, 6) is -0.842. The molecule has 0 unspecified atom stereocenters. The number of para-hydroxylation sites is 1. The zero-order chi connectivity index (χ0) is 22.1. The van der Waals surface area contributed by atoms with E-state index >= 15 is 0 Å². The molecule has 0 fully saturated rings. The molecule has 1 aromatic heterocycles. The van der Waals surface area contributed by atoms with Gasteiger partial charge in [-0.2, -0.15) is 5.10 Å². The Balaban J connectivity index is 0.00000101. The molecule has 30 heavy (non-hydrogen) atoms. The molecule has 0 radical (unpaired) electrons. The highest BCUT2D eigenvalue weighted by Gasteiger charge is 2.32. The molecule has 0 atom stereocenters. The van der Waals surface area contributed by atoms with E-state index in [0.29, 0.717) is 11.3 Å². The highest BCUT2D eigenvalue weighted by Crippen LogP contribution is 2.34. The van der Waals surface area contributed by atoms with Crippen LogP contribution >= 0.6 is 0 Å². The predicted molar refractivity (Wildman–Crippen MR) is 102 cm³/mol. The summed E-state index contributed by atoms with van der Waals surface area (Å²) in [5.41, 5.74) is 5.68. The van der Waals surface area contributed by atoms with Gasteiger partial charge in [0.1, 0.15) is 5.75 Å². The van der Waals surface area contributed by atoms with Crippen LogP contribution in [-0.2, 0) is 9.53 Å². The third-order valence-electron chi connectivity index (χ3n) is 3.61. The molecule has 1 amide bonds. The van der Waals surface area contributed by atoms with Crippen molar-refractivity contribution in [3.63, 3.8) is 0 Å². The lowest BCUT2D eigenvalue weighted by atomic mass is 10.0. The number of amides is 1. The van der Waals surface area contributed by atoms with Crippen molar-refractivity contribution in [1.29, 1.82) is 0 Å². The van der Waals surface area contributed by atoms with Gasteiger partial charge in [0, 0.05) is 11.8 Å². The molecule has 0 saturated heterocycles. The minimum absolute atomic E-state index is 0.142. The van der Waals surface area contributed by atoms with Gasteiger partial charge in [-0.05, 0) is 36.8 Å². The standard InChI is InChI=1S/C19H15F3N2O3.CH3NO/c1-2-26-18(25)16-10-11-24(23-16)14-7-5-6-13(12-14)15-8-3-4-9-17(15)27-19(20,21)22;2-1-3/h3-12H,2H2,1H3;1H,(H2,2,3). The van der Waals surface area contributed by atoms with Gasteiger partial charge in [0.2, 0.25) is 6.41 Å². The van der Waals surface area contributed by atoms with E-state index in [0.717, 1.165) is 0 Å². The highest BCUT2D eigenvalue weighted by molar-refractivity contribution is 5.87. The molecule has 10 heteroatoms. The normalized spacial score (nSPS) is 10.5. The Labute approximate surface area is 169 Å². The second kappa shape index (κ2) is 10.1. The number of carbonyl (C=O) groups excluding carboxylic acids is 2. The number of esters is 1. The molecule has 158 valence electrons. The molecule has 0 aliphatic rings. The predicted octanol–water partition coefficient (Wildman–Crippen LogP) is 3.72. The van der Waals surface area contributed by atoms with Gasteiger partial charge in [0.05, 0.1) is 12.3 Å². The fraction of sp³-hybridized carbons (Fsp3) is 0.150. The van der Waals surface area contributed by atoms with Gasteiger partial charge in [-0.1, -0.05) is 30.3 Å². The summed E-state index contributed by atoms with van der Waals surface area (Å²) in [6.07, 6.45) is -2.96. The number of primary amides is 1. The number of halogens is 3. The molecule has 0 saturated carbocycles. The van der Waals surface area contributed by atoms with Crippen LogP contribution in [0.15, 0.2) is 60.8 Å². The monoisotopic (exact) mass is 421 g/mol. The lowest BCUT2D eigenvalue weighted by Crippen LogP contribution is -2.17. The van der Waals surface area contributed by atoms with Crippen LogP contribution < -0.4 is 10.5 Å². The van der Waals surface area contributed by atoms with Crippen molar-refractivity contribution in [2.75, 3.05) is 6.61 Å². The van der Waals surface area contributed by atoms with Gasteiger partial charge in [-0.25, -0.2) is 9.48 Å². The number of hydrogen-bond acceptors (Lipinski definition) is 5. The zero-order valence-corrected chi connectivity index (χ0v) is 15.8. The van der Waals surface area contributed by atoms with Crippen molar-refractivity contribution in [3.05, 3.63) is 66.5 Å². The number of hydrogen-bond donors (Lipinski definition) is 1. The van der Waals surface area contributed by atoms with Gasteiger partial charge in [-0.15, -0.1) is 13.2 Å². The Morgan fingerprint density at radius 2 is 1.87 bits per heavy atom. The second-order valence-corrected chi connectivity index (χ2v) is 5.60. The van der Waals surface area contributed by atoms with Gasteiger partial charge in [-0.3, -0.25) is 4.79 Å². The molecule has 0 bridgehead atoms. The fourth-order valence-corrected chi connectivity index (χ4v) is 2.52. The first-order valence-electron chi connectivity index (χ1n) is 8.62. The summed E-state index contributed by atoms with van der Waals surface area (Å²) in [6.45, 7) is 1.93. The Morgan fingerprint density at radius 3 is 2.53 bits per heavy atom. The van der Waals surface area contributed by atoms with Crippen LogP contribution in [0.5, 0.6) is 5.75 Å². The number of benzene rings is 2. The lowest BCUT2D eigenvalue weighted by molar-refractivity contribution is -0.274. The summed E-state index contributed by atoms with van der Waals surface area (Å²) in [7, 11) is 0. The minimum atomic E-state index is -4.79. The Kier molecular flexibility index (Phi) is 7.56. The Hall–Kier alpha value is -3.82. The van der Waals surface area contributed by atoms with E-state index in [1.165, 1.54) is 28.9 Å². The lowest BCUT2D eigenvalue weighted by Gasteiger charge is -2.14. The van der Waals surface area contributed by atoms with Crippen molar-refractivity contribution in [1.82, 2.24) is 9.78 Å². The van der Waals surface area contributed by atoms with Crippen LogP contribution in [0.25, 0.3) is 16.8 Å². The average Bonchev–Trinajstić information content (AvgIpc) is 3.19. The number of rotatable bonds is 5. The van der Waals surface area contributed by atoms with E-state index in [1.54, 1.807) is 43.5 Å². The van der Waals surface area contributed by atoms with Crippen LogP contribution in [0, 0.1) is 0 Å². The number of nitrogens with two attached hydrogens (primary N) is 1. The summed E-state index contributed by atoms with van der Waals surface area (Å²) in [5, 5.41) is 4.15. The summed E-state index contributed by atoms with van der Waals surface area (Å²) >= 11 is 0. The van der Waals surface area contributed by atoms with Crippen LogP contribution in [0.4, 0.5) is 13.2 Å². The molecule has 3 aromatic rings. The highest BCUT2D eigenvalue weighted by atomic mass is 19.4. The number of nitrogens with zero attached hydrogens (tertiary/aromatic N) is 2. The molecule has 0 aliphatic heterocycles. The molecule has 7 nitrogen and oxygen atoms in total. The van der Waals surface area contributed by atoms with Crippen molar-refractivity contribution in [2.24, 2.45) is 5.73 Å². The maximum absolute atomic E-state index is 12.6. The Morgan fingerprint density at radius 1 is 1.17 bits per heavy atom. The number of carbonyl (C=O) groups is 2. The molecular weight excluding hydrogens is 403 g/mol. The molecule has 0 spiro atoms. The minimum Gasteiger partial charge on any atom is -0.461 e. The van der Waals surface area contributed by atoms with Crippen molar-refractivity contribution < 1.29 is 32.2 Å². The van der Waals surface area contributed by atoms with E-state index in [9.17, 15) is 18.0 Å². The van der Waals surface area contributed by atoms with Crippen LogP contribution in [0.1, 0.15) is 17.4 Å². The average molecular weight is 421 g/mol. The van der Waals surface area contributed by atoms with Gasteiger partial charge in [0.15, 0.2) is 5.69 Å². The smallest absolute Gasteiger partial charge is 0.461 e. The first-order valence-corrected chi connectivity index (χ1v) is 8.62. The molecule has 1 heterocycles. The maximum Gasteiger partial charge on any atom is 0.573 e. The largest absolute Gasteiger partial charge is 0.573 e. The van der Waals surface area contributed by atoms with E-state index in [-0.39, 0.29) is 30.0 Å². The number of ether oxygens (including phenoxy) is 2. The number of aromatic nitrogens is 2. The molecule has 0 aliphatic carbocycles.